The van der Waals surface area contributed by atoms with Gasteiger partial charge >= 0.3 is 0 Å². The second-order valence-corrected chi connectivity index (χ2v) is 8.32. The highest BCUT2D eigenvalue weighted by Crippen LogP contribution is 2.33. The number of rotatable bonds is 6. The number of methoxy groups -OCH3 is 2. The second kappa shape index (κ2) is 8.08. The van der Waals surface area contributed by atoms with Crippen LogP contribution in [0.1, 0.15) is 24.8 Å². The number of benzene rings is 2. The molecule has 1 aliphatic heterocycles. The molecule has 7 heteroatoms. The molecular formula is C20H26N2O4S. The van der Waals surface area contributed by atoms with E-state index in [1.165, 1.54) is 13.5 Å². The SMILES string of the molecule is COc1ccc(S(=O)(=O)Nc2cc(N3CCCCC3)ccc2OC)c(C)c1. The van der Waals surface area contributed by atoms with Crippen molar-refractivity contribution in [2.24, 2.45) is 0 Å². The van der Waals surface area contributed by atoms with Crippen LogP contribution in [0.15, 0.2) is 41.3 Å². The van der Waals surface area contributed by atoms with Gasteiger partial charge in [-0.3, -0.25) is 4.72 Å². The van der Waals surface area contributed by atoms with Crippen molar-refractivity contribution in [3.63, 3.8) is 0 Å². The molecule has 1 aliphatic rings. The molecule has 2 aromatic rings. The fourth-order valence-electron chi connectivity index (χ4n) is 3.37. The smallest absolute Gasteiger partial charge is 0.262 e. The molecule has 0 spiro atoms. The van der Waals surface area contributed by atoms with Crippen molar-refractivity contribution < 1.29 is 17.9 Å². The molecular weight excluding hydrogens is 364 g/mol. The van der Waals surface area contributed by atoms with Crippen molar-refractivity contribution >= 4 is 21.4 Å². The molecule has 0 amide bonds. The summed E-state index contributed by atoms with van der Waals surface area (Å²) in [7, 11) is -0.665. The molecule has 1 fully saturated rings. The molecule has 0 radical (unpaired) electrons. The van der Waals surface area contributed by atoms with Crippen LogP contribution in [-0.2, 0) is 10.0 Å². The first-order valence-corrected chi connectivity index (χ1v) is 10.5. The number of sulfonamides is 1. The number of ether oxygens (including phenoxy) is 2. The van der Waals surface area contributed by atoms with Gasteiger partial charge in [-0.15, -0.1) is 0 Å². The van der Waals surface area contributed by atoms with Crippen molar-refractivity contribution in [3.05, 3.63) is 42.0 Å². The van der Waals surface area contributed by atoms with Gasteiger partial charge in [-0.2, -0.15) is 0 Å². The Morgan fingerprint density at radius 3 is 2.33 bits per heavy atom. The molecule has 0 saturated carbocycles. The van der Waals surface area contributed by atoms with Crippen LogP contribution in [0.5, 0.6) is 11.5 Å². The number of nitrogens with one attached hydrogen (secondary N) is 1. The maximum Gasteiger partial charge on any atom is 0.262 e. The van der Waals surface area contributed by atoms with E-state index >= 15 is 0 Å². The third-order valence-corrected chi connectivity index (χ3v) is 6.35. The molecule has 0 atom stereocenters. The van der Waals surface area contributed by atoms with Gasteiger partial charge in [0.05, 0.1) is 24.8 Å². The summed E-state index contributed by atoms with van der Waals surface area (Å²) >= 11 is 0. The standard InChI is InChI=1S/C20H26N2O4S/c1-15-13-17(25-2)8-10-20(15)27(23,24)21-18-14-16(7-9-19(18)26-3)22-11-5-4-6-12-22/h7-10,13-14,21H,4-6,11-12H2,1-3H3. The first-order chi connectivity index (χ1) is 12.9. The Bertz CT molecular complexity index is 906. The first-order valence-electron chi connectivity index (χ1n) is 9.05. The highest BCUT2D eigenvalue weighted by atomic mass is 32.2. The van der Waals surface area contributed by atoms with Gasteiger partial charge in [0, 0.05) is 18.8 Å². The van der Waals surface area contributed by atoms with Crippen molar-refractivity contribution in [2.75, 3.05) is 36.9 Å². The molecule has 0 unspecified atom stereocenters. The molecule has 2 aromatic carbocycles. The van der Waals surface area contributed by atoms with Crippen LogP contribution in [0, 0.1) is 6.92 Å². The molecule has 0 aliphatic carbocycles. The molecule has 3 rings (SSSR count). The average Bonchev–Trinajstić information content (AvgIpc) is 2.68. The summed E-state index contributed by atoms with van der Waals surface area (Å²) in [5.74, 6) is 1.11. The van der Waals surface area contributed by atoms with E-state index in [2.05, 4.69) is 9.62 Å². The maximum atomic E-state index is 13.0. The maximum absolute atomic E-state index is 13.0. The quantitative estimate of drug-likeness (QED) is 0.812. The normalized spacial score (nSPS) is 14.7. The Morgan fingerprint density at radius 1 is 0.963 bits per heavy atom. The molecule has 1 N–H and O–H groups in total. The van der Waals surface area contributed by atoms with E-state index in [-0.39, 0.29) is 4.90 Å². The van der Waals surface area contributed by atoms with E-state index < -0.39 is 10.0 Å². The number of aryl methyl sites for hydroxylation is 1. The Labute approximate surface area is 161 Å². The summed E-state index contributed by atoms with van der Waals surface area (Å²) in [6, 6.07) is 10.5. The van der Waals surface area contributed by atoms with Crippen LogP contribution in [0.25, 0.3) is 0 Å². The van der Waals surface area contributed by atoms with Gasteiger partial charge in [0.25, 0.3) is 10.0 Å². The average molecular weight is 391 g/mol. The van der Waals surface area contributed by atoms with Gasteiger partial charge in [0.2, 0.25) is 0 Å². The zero-order valence-corrected chi connectivity index (χ0v) is 16.8. The van der Waals surface area contributed by atoms with Gasteiger partial charge in [-0.05, 0) is 68.1 Å². The minimum absolute atomic E-state index is 0.216. The monoisotopic (exact) mass is 390 g/mol. The number of piperidine rings is 1. The lowest BCUT2D eigenvalue weighted by molar-refractivity contribution is 0.414. The third kappa shape index (κ3) is 4.30. The van der Waals surface area contributed by atoms with Gasteiger partial charge < -0.3 is 14.4 Å². The predicted molar refractivity (Wildman–Crippen MR) is 108 cm³/mol. The van der Waals surface area contributed by atoms with Crippen molar-refractivity contribution in [1.82, 2.24) is 0 Å². The van der Waals surface area contributed by atoms with Gasteiger partial charge in [-0.25, -0.2) is 8.42 Å². The summed E-state index contributed by atoms with van der Waals surface area (Å²) in [4.78, 5) is 2.49. The van der Waals surface area contributed by atoms with Crippen molar-refractivity contribution in [2.45, 2.75) is 31.1 Å². The van der Waals surface area contributed by atoms with Gasteiger partial charge in [0.15, 0.2) is 0 Å². The molecule has 146 valence electrons. The Hall–Kier alpha value is -2.41. The molecule has 1 saturated heterocycles. The molecule has 6 nitrogen and oxygen atoms in total. The lowest BCUT2D eigenvalue weighted by Gasteiger charge is -2.29. The van der Waals surface area contributed by atoms with Crippen molar-refractivity contribution in [1.29, 1.82) is 0 Å². The topological polar surface area (TPSA) is 67.9 Å². The molecule has 0 bridgehead atoms. The predicted octanol–water partition coefficient (Wildman–Crippen LogP) is 3.80. The van der Waals surface area contributed by atoms with Crippen LogP contribution in [0.3, 0.4) is 0 Å². The summed E-state index contributed by atoms with van der Waals surface area (Å²) in [5, 5.41) is 0. The lowest BCUT2D eigenvalue weighted by atomic mass is 10.1. The molecule has 27 heavy (non-hydrogen) atoms. The number of nitrogens with zero attached hydrogens (tertiary/aromatic N) is 1. The van der Waals surface area contributed by atoms with E-state index in [1.54, 1.807) is 32.2 Å². The fraction of sp³-hybridized carbons (Fsp3) is 0.400. The highest BCUT2D eigenvalue weighted by Gasteiger charge is 2.21. The first kappa shape index (κ1) is 19.4. The second-order valence-electron chi connectivity index (χ2n) is 6.67. The van der Waals surface area contributed by atoms with E-state index in [0.29, 0.717) is 22.7 Å². The Kier molecular flexibility index (Phi) is 5.79. The summed E-state index contributed by atoms with van der Waals surface area (Å²) in [6.45, 7) is 3.71. The van der Waals surface area contributed by atoms with Crippen molar-refractivity contribution in [3.8, 4) is 11.5 Å². The Morgan fingerprint density at radius 2 is 1.70 bits per heavy atom. The van der Waals surface area contributed by atoms with E-state index in [4.69, 9.17) is 9.47 Å². The minimum atomic E-state index is -3.75. The van der Waals surface area contributed by atoms with Gasteiger partial charge in [-0.1, -0.05) is 0 Å². The number of hydrogen-bond acceptors (Lipinski definition) is 5. The molecule has 1 heterocycles. The lowest BCUT2D eigenvalue weighted by Crippen LogP contribution is -2.29. The summed E-state index contributed by atoms with van der Waals surface area (Å²) < 4.78 is 39.1. The van der Waals surface area contributed by atoms with E-state index in [9.17, 15) is 8.42 Å². The van der Waals surface area contributed by atoms with Crippen LogP contribution >= 0.6 is 0 Å². The zero-order valence-electron chi connectivity index (χ0n) is 16.0. The number of hydrogen-bond donors (Lipinski definition) is 1. The largest absolute Gasteiger partial charge is 0.497 e. The molecule has 0 aromatic heterocycles. The van der Waals surface area contributed by atoms with Crippen LogP contribution in [0.2, 0.25) is 0 Å². The van der Waals surface area contributed by atoms with Crippen LogP contribution in [0.4, 0.5) is 11.4 Å². The third-order valence-electron chi connectivity index (χ3n) is 4.82. The van der Waals surface area contributed by atoms with Gasteiger partial charge in [0.1, 0.15) is 11.5 Å². The zero-order chi connectivity index (χ0) is 19.4. The fourth-order valence-corrected chi connectivity index (χ4v) is 4.66. The Balaban J connectivity index is 1.93. The summed E-state index contributed by atoms with van der Waals surface area (Å²) in [6.07, 6.45) is 3.54. The minimum Gasteiger partial charge on any atom is -0.497 e. The van der Waals surface area contributed by atoms with Crippen LogP contribution < -0.4 is 19.1 Å². The van der Waals surface area contributed by atoms with E-state index in [1.807, 2.05) is 18.2 Å². The number of anilines is 2. The summed E-state index contributed by atoms with van der Waals surface area (Å²) in [5.41, 5.74) is 2.06. The van der Waals surface area contributed by atoms with Crippen LogP contribution in [-0.4, -0.2) is 35.7 Å². The highest BCUT2D eigenvalue weighted by molar-refractivity contribution is 7.92. The van der Waals surface area contributed by atoms with E-state index in [0.717, 1.165) is 31.6 Å².